The van der Waals surface area contributed by atoms with Crippen molar-refractivity contribution in [1.82, 2.24) is 4.98 Å². The zero-order valence-electron chi connectivity index (χ0n) is 20.3. The predicted molar refractivity (Wildman–Crippen MR) is 147 cm³/mol. The quantitative estimate of drug-likeness (QED) is 0.163. The van der Waals surface area contributed by atoms with E-state index in [2.05, 4.69) is 26.3 Å². The van der Waals surface area contributed by atoms with Crippen LogP contribution in [0.15, 0.2) is 72.9 Å². The molecule has 0 spiro atoms. The Hall–Kier alpha value is -4.70. The van der Waals surface area contributed by atoms with E-state index < -0.39 is 22.8 Å². The second-order valence-corrected chi connectivity index (χ2v) is 9.23. The summed E-state index contributed by atoms with van der Waals surface area (Å²) in [6, 6.07) is 16.8. The van der Waals surface area contributed by atoms with Crippen LogP contribution in [0.2, 0.25) is 5.02 Å². The van der Waals surface area contributed by atoms with Crippen molar-refractivity contribution < 1.29 is 22.8 Å². The molecule has 0 radical (unpaired) electrons. The summed E-state index contributed by atoms with van der Waals surface area (Å²) in [5, 5.41) is 10.7. The lowest BCUT2D eigenvalue weighted by Gasteiger charge is -2.14. The molecule has 0 atom stereocenters. The maximum absolute atomic E-state index is 13.1. The molecule has 3 amide bonds. The van der Waals surface area contributed by atoms with Crippen LogP contribution in [-0.2, 0) is 11.0 Å². The van der Waals surface area contributed by atoms with Crippen LogP contribution in [0, 0.1) is 6.92 Å². The third-order valence-corrected chi connectivity index (χ3v) is 6.36. The maximum Gasteiger partial charge on any atom is 0.417 e. The summed E-state index contributed by atoms with van der Waals surface area (Å²) in [7, 11) is 0. The first-order valence-corrected chi connectivity index (χ1v) is 12.1. The minimum atomic E-state index is -4.65. The number of benzene rings is 3. The summed E-state index contributed by atoms with van der Waals surface area (Å²) < 4.78 is 39.4. The smallest absolute Gasteiger partial charge is 0.362 e. The number of amides is 3. The lowest BCUT2D eigenvalue weighted by atomic mass is 10.1. The minimum Gasteiger partial charge on any atom is -0.362 e. The molecule has 1 aromatic heterocycles. The zero-order chi connectivity index (χ0) is 27.7. The van der Waals surface area contributed by atoms with Gasteiger partial charge in [0.1, 0.15) is 0 Å². The third-order valence-electron chi connectivity index (χ3n) is 6.03. The predicted octanol–water partition coefficient (Wildman–Crippen LogP) is 7.88. The SMILES string of the molecule is Cc1ccc(NC(=O)Nc2ccc(Cl)c(C(F)(F)F)c2)cc1Nc1ccc2c(c1)NC(=O)C2=Cc1ccc[nH]1. The lowest BCUT2D eigenvalue weighted by molar-refractivity contribution is -0.137. The van der Waals surface area contributed by atoms with Gasteiger partial charge in [0.05, 0.1) is 21.8 Å². The average Bonchev–Trinajstić information content (AvgIpc) is 3.49. The lowest BCUT2D eigenvalue weighted by Crippen LogP contribution is -2.20. The molecular formula is C28H21ClF3N5O2. The molecule has 39 heavy (non-hydrogen) atoms. The van der Waals surface area contributed by atoms with Crippen LogP contribution in [0.25, 0.3) is 11.6 Å². The highest BCUT2D eigenvalue weighted by atomic mass is 35.5. The number of aryl methyl sites for hydroxylation is 1. The van der Waals surface area contributed by atoms with Gasteiger partial charge in [0.15, 0.2) is 0 Å². The van der Waals surface area contributed by atoms with Crippen molar-refractivity contribution in [2.75, 3.05) is 21.3 Å². The van der Waals surface area contributed by atoms with Gasteiger partial charge < -0.3 is 26.3 Å². The highest BCUT2D eigenvalue weighted by molar-refractivity contribution is 6.35. The van der Waals surface area contributed by atoms with E-state index in [0.717, 1.165) is 29.0 Å². The number of hydrogen-bond donors (Lipinski definition) is 5. The Balaban J connectivity index is 1.30. The molecule has 1 aliphatic rings. The summed E-state index contributed by atoms with van der Waals surface area (Å²) in [4.78, 5) is 28.1. The topological polar surface area (TPSA) is 98.0 Å². The molecule has 0 bridgehead atoms. The van der Waals surface area contributed by atoms with Crippen molar-refractivity contribution in [2.24, 2.45) is 0 Å². The Labute approximate surface area is 226 Å². The summed E-state index contributed by atoms with van der Waals surface area (Å²) in [6.07, 6.45) is -1.08. The van der Waals surface area contributed by atoms with E-state index in [1.807, 2.05) is 37.3 Å². The molecule has 11 heteroatoms. The summed E-state index contributed by atoms with van der Waals surface area (Å²) in [5.41, 5.74) is 4.40. The first kappa shape index (κ1) is 25.9. The van der Waals surface area contributed by atoms with E-state index >= 15 is 0 Å². The van der Waals surface area contributed by atoms with Gasteiger partial charge in [0.2, 0.25) is 0 Å². The van der Waals surface area contributed by atoms with Gasteiger partial charge in [-0.3, -0.25) is 4.79 Å². The molecule has 7 nitrogen and oxygen atoms in total. The van der Waals surface area contributed by atoms with E-state index in [4.69, 9.17) is 11.6 Å². The fourth-order valence-electron chi connectivity index (χ4n) is 4.11. The number of alkyl halides is 3. The van der Waals surface area contributed by atoms with E-state index in [0.29, 0.717) is 28.3 Å². The molecule has 198 valence electrons. The Morgan fingerprint density at radius 2 is 1.67 bits per heavy atom. The third kappa shape index (κ3) is 5.75. The van der Waals surface area contributed by atoms with Gasteiger partial charge in [-0.25, -0.2) is 4.79 Å². The number of anilines is 5. The molecule has 0 saturated heterocycles. The van der Waals surface area contributed by atoms with Gasteiger partial charge in [0.25, 0.3) is 5.91 Å². The van der Waals surface area contributed by atoms with Crippen molar-refractivity contribution in [3.8, 4) is 0 Å². The zero-order valence-corrected chi connectivity index (χ0v) is 21.1. The van der Waals surface area contributed by atoms with Gasteiger partial charge in [-0.2, -0.15) is 13.2 Å². The molecule has 0 unspecified atom stereocenters. The van der Waals surface area contributed by atoms with Gasteiger partial charge >= 0.3 is 12.2 Å². The normalized spacial score (nSPS) is 13.7. The summed E-state index contributed by atoms with van der Waals surface area (Å²) in [5.74, 6) is -0.201. The molecule has 0 fully saturated rings. The van der Waals surface area contributed by atoms with Crippen LogP contribution in [0.3, 0.4) is 0 Å². The van der Waals surface area contributed by atoms with Crippen LogP contribution in [0.1, 0.15) is 22.4 Å². The molecule has 2 heterocycles. The maximum atomic E-state index is 13.1. The number of urea groups is 1. The number of halogens is 4. The number of nitrogens with one attached hydrogen (secondary N) is 5. The number of aromatic amines is 1. The largest absolute Gasteiger partial charge is 0.417 e. The first-order valence-electron chi connectivity index (χ1n) is 11.7. The second-order valence-electron chi connectivity index (χ2n) is 8.82. The van der Waals surface area contributed by atoms with E-state index in [1.54, 1.807) is 30.5 Å². The standard InChI is InChI=1S/C28H21ClF3N5O2/c1-15-4-5-19(36-27(39)35-17-7-9-23(29)22(12-17)28(30,31)32)13-24(15)34-18-6-8-20-21(11-16-3-2-10-33-16)26(38)37-25(20)14-18/h2-14,33-34H,1H3,(H,37,38)(H2,35,36,39). The molecular weight excluding hydrogens is 531 g/mol. The Bertz CT molecular complexity index is 1610. The summed E-state index contributed by atoms with van der Waals surface area (Å²) in [6.45, 7) is 1.88. The van der Waals surface area contributed by atoms with Gasteiger partial charge in [-0.15, -0.1) is 0 Å². The summed E-state index contributed by atoms with van der Waals surface area (Å²) >= 11 is 5.64. The van der Waals surface area contributed by atoms with Crippen molar-refractivity contribution in [1.29, 1.82) is 0 Å². The number of hydrogen-bond acceptors (Lipinski definition) is 3. The first-order chi connectivity index (χ1) is 18.6. The van der Waals surface area contributed by atoms with Crippen molar-refractivity contribution in [2.45, 2.75) is 13.1 Å². The van der Waals surface area contributed by atoms with E-state index in [9.17, 15) is 22.8 Å². The molecule has 0 saturated carbocycles. The van der Waals surface area contributed by atoms with Crippen molar-refractivity contribution in [3.05, 3.63) is 100 Å². The Morgan fingerprint density at radius 3 is 2.38 bits per heavy atom. The van der Waals surface area contributed by atoms with Crippen LogP contribution in [-0.4, -0.2) is 16.9 Å². The van der Waals surface area contributed by atoms with Gasteiger partial charge in [-0.05, 0) is 73.2 Å². The van der Waals surface area contributed by atoms with Crippen LogP contribution in [0.4, 0.5) is 46.4 Å². The number of aromatic nitrogens is 1. The van der Waals surface area contributed by atoms with Gasteiger partial charge in [0, 0.05) is 40.2 Å². The molecule has 1 aliphatic heterocycles. The van der Waals surface area contributed by atoms with Crippen LogP contribution < -0.4 is 21.3 Å². The highest BCUT2D eigenvalue weighted by Crippen LogP contribution is 2.37. The Kier molecular flexibility index (Phi) is 6.80. The molecule has 5 rings (SSSR count). The van der Waals surface area contributed by atoms with Crippen LogP contribution >= 0.6 is 11.6 Å². The van der Waals surface area contributed by atoms with Gasteiger partial charge in [-0.1, -0.05) is 23.7 Å². The number of carbonyl (C=O) groups is 2. The monoisotopic (exact) mass is 551 g/mol. The highest BCUT2D eigenvalue weighted by Gasteiger charge is 2.33. The molecule has 4 aromatic rings. The minimum absolute atomic E-state index is 0.0560. The second kappa shape index (κ2) is 10.2. The molecule has 5 N–H and O–H groups in total. The number of H-pyrrole nitrogens is 1. The van der Waals surface area contributed by atoms with Crippen LogP contribution in [0.5, 0.6) is 0 Å². The van der Waals surface area contributed by atoms with Crippen molar-refractivity contribution in [3.63, 3.8) is 0 Å². The molecule has 3 aromatic carbocycles. The average molecular weight is 552 g/mol. The Morgan fingerprint density at radius 1 is 0.949 bits per heavy atom. The number of fused-ring (bicyclic) bond motifs is 1. The molecule has 0 aliphatic carbocycles. The number of rotatable bonds is 5. The van der Waals surface area contributed by atoms with E-state index in [-0.39, 0.29) is 11.6 Å². The fourth-order valence-corrected chi connectivity index (χ4v) is 4.33. The van der Waals surface area contributed by atoms with E-state index in [1.165, 1.54) is 6.07 Å². The number of carbonyl (C=O) groups excluding carboxylic acids is 2. The fraction of sp³-hybridized carbons (Fsp3) is 0.0714. The van der Waals surface area contributed by atoms with Crippen molar-refractivity contribution >= 4 is 63.6 Å².